The molecule has 0 radical (unpaired) electrons. The van der Waals surface area contributed by atoms with Gasteiger partial charge in [0.25, 0.3) is 0 Å². The first kappa shape index (κ1) is 12.6. The summed E-state index contributed by atoms with van der Waals surface area (Å²) in [4.78, 5) is 0. The van der Waals surface area contributed by atoms with Gasteiger partial charge in [-0.1, -0.05) is 49.9 Å². The molecule has 2 rings (SSSR count). The van der Waals surface area contributed by atoms with Crippen molar-refractivity contribution in [1.29, 1.82) is 0 Å². The van der Waals surface area contributed by atoms with Gasteiger partial charge in [-0.05, 0) is 43.9 Å². The fourth-order valence-electron chi connectivity index (χ4n) is 2.99. The average Bonchev–Trinajstić information content (AvgIpc) is 2.82. The second kappa shape index (κ2) is 6.20. The second-order valence-corrected chi connectivity index (χ2v) is 5.47. The minimum atomic E-state index is 0.484. The number of benzene rings is 1. The van der Waals surface area contributed by atoms with Crippen LogP contribution in [0.2, 0.25) is 0 Å². The van der Waals surface area contributed by atoms with Crippen molar-refractivity contribution in [3.05, 3.63) is 35.4 Å². The first-order valence-corrected chi connectivity index (χ1v) is 7.06. The number of rotatable bonds is 5. The number of aryl methyl sites for hydroxylation is 1. The van der Waals surface area contributed by atoms with Crippen molar-refractivity contribution >= 4 is 0 Å². The zero-order valence-corrected chi connectivity index (χ0v) is 11.2. The van der Waals surface area contributed by atoms with Crippen LogP contribution in [0.5, 0.6) is 0 Å². The molecule has 0 saturated heterocycles. The highest BCUT2D eigenvalue weighted by Gasteiger charge is 2.15. The number of nitrogens with one attached hydrogen (secondary N) is 1. The molecule has 1 aliphatic carbocycles. The van der Waals surface area contributed by atoms with Gasteiger partial charge in [0, 0.05) is 6.04 Å². The minimum Gasteiger partial charge on any atom is -0.310 e. The molecule has 0 unspecified atom stereocenters. The third-order valence-corrected chi connectivity index (χ3v) is 4.13. The van der Waals surface area contributed by atoms with Crippen LogP contribution in [-0.2, 0) is 0 Å². The Kier molecular flexibility index (Phi) is 4.61. The number of hydrogen-bond donors (Lipinski definition) is 1. The molecule has 1 aliphatic rings. The summed E-state index contributed by atoms with van der Waals surface area (Å²) in [5.74, 6) is 0.992. The van der Waals surface area contributed by atoms with Gasteiger partial charge in [-0.15, -0.1) is 0 Å². The Morgan fingerprint density at radius 1 is 1.24 bits per heavy atom. The van der Waals surface area contributed by atoms with Crippen LogP contribution in [0.15, 0.2) is 24.3 Å². The second-order valence-electron chi connectivity index (χ2n) is 5.47. The van der Waals surface area contributed by atoms with Crippen molar-refractivity contribution in [3.8, 4) is 0 Å². The molecular formula is C16H25N. The molecule has 0 heterocycles. The highest BCUT2D eigenvalue weighted by Crippen LogP contribution is 2.27. The lowest BCUT2D eigenvalue weighted by Gasteiger charge is -2.18. The molecule has 0 bridgehead atoms. The monoisotopic (exact) mass is 231 g/mol. The Morgan fingerprint density at radius 3 is 2.65 bits per heavy atom. The Balaban J connectivity index is 1.77. The molecule has 0 amide bonds. The molecule has 1 saturated carbocycles. The lowest BCUT2D eigenvalue weighted by Crippen LogP contribution is -2.22. The smallest absolute Gasteiger partial charge is 0.0294 e. The molecule has 0 spiro atoms. The summed E-state index contributed by atoms with van der Waals surface area (Å²) in [6, 6.07) is 9.17. The van der Waals surface area contributed by atoms with Crippen LogP contribution in [0.1, 0.15) is 56.2 Å². The molecule has 1 aromatic rings. The highest BCUT2D eigenvalue weighted by atomic mass is 14.9. The third kappa shape index (κ3) is 3.57. The quantitative estimate of drug-likeness (QED) is 0.800. The summed E-state index contributed by atoms with van der Waals surface area (Å²) in [7, 11) is 0. The van der Waals surface area contributed by atoms with Crippen LogP contribution in [0.3, 0.4) is 0 Å². The van der Waals surface area contributed by atoms with E-state index in [0.29, 0.717) is 6.04 Å². The third-order valence-electron chi connectivity index (χ3n) is 4.13. The van der Waals surface area contributed by atoms with Crippen LogP contribution in [0.4, 0.5) is 0 Å². The van der Waals surface area contributed by atoms with E-state index in [-0.39, 0.29) is 0 Å². The van der Waals surface area contributed by atoms with E-state index in [2.05, 4.69) is 43.4 Å². The molecule has 1 aromatic carbocycles. The molecule has 1 heteroatoms. The maximum atomic E-state index is 3.67. The molecule has 0 aliphatic heterocycles. The van der Waals surface area contributed by atoms with E-state index in [1.807, 2.05) is 0 Å². The predicted molar refractivity (Wildman–Crippen MR) is 74.2 cm³/mol. The molecule has 1 nitrogen and oxygen atoms in total. The largest absolute Gasteiger partial charge is 0.310 e. The van der Waals surface area contributed by atoms with Crippen molar-refractivity contribution in [3.63, 3.8) is 0 Å². The van der Waals surface area contributed by atoms with E-state index in [1.165, 1.54) is 49.8 Å². The lowest BCUT2D eigenvalue weighted by molar-refractivity contribution is 0.454. The van der Waals surface area contributed by atoms with Crippen molar-refractivity contribution in [2.75, 3.05) is 6.54 Å². The molecule has 94 valence electrons. The predicted octanol–water partition coefficient (Wildman–Crippen LogP) is 4.23. The van der Waals surface area contributed by atoms with Gasteiger partial charge >= 0.3 is 0 Å². The Bertz CT molecular complexity index is 339. The zero-order chi connectivity index (χ0) is 12.1. The summed E-state index contributed by atoms with van der Waals surface area (Å²) in [5, 5.41) is 3.67. The van der Waals surface area contributed by atoms with Gasteiger partial charge in [0.15, 0.2) is 0 Å². The minimum absolute atomic E-state index is 0.484. The Labute approximate surface area is 106 Å². The van der Waals surface area contributed by atoms with Crippen molar-refractivity contribution < 1.29 is 0 Å². The van der Waals surface area contributed by atoms with E-state index < -0.39 is 0 Å². The zero-order valence-electron chi connectivity index (χ0n) is 11.2. The Hall–Kier alpha value is -0.820. The van der Waals surface area contributed by atoms with Gasteiger partial charge in [-0.25, -0.2) is 0 Å². The Morgan fingerprint density at radius 2 is 1.94 bits per heavy atom. The summed E-state index contributed by atoms with van der Waals surface area (Å²) in [5.41, 5.74) is 2.84. The summed E-state index contributed by atoms with van der Waals surface area (Å²) < 4.78 is 0. The van der Waals surface area contributed by atoms with Crippen molar-refractivity contribution in [2.24, 2.45) is 5.92 Å². The maximum absolute atomic E-state index is 3.67. The summed E-state index contributed by atoms with van der Waals surface area (Å²) in [6.45, 7) is 5.64. The standard InChI is InChI=1S/C16H25N/c1-13-7-3-6-10-16(13)14(2)17-12-11-15-8-4-5-9-15/h3,6-7,10,14-15,17H,4-5,8-9,11-12H2,1-2H3/t14-/m1/s1. The van der Waals surface area contributed by atoms with E-state index in [4.69, 9.17) is 0 Å². The van der Waals surface area contributed by atoms with Crippen LogP contribution in [0.25, 0.3) is 0 Å². The first-order valence-electron chi connectivity index (χ1n) is 7.06. The SMILES string of the molecule is Cc1ccccc1[C@@H](C)NCCC1CCCC1. The van der Waals surface area contributed by atoms with Crippen LogP contribution in [-0.4, -0.2) is 6.54 Å². The fourth-order valence-corrected chi connectivity index (χ4v) is 2.99. The van der Waals surface area contributed by atoms with E-state index in [9.17, 15) is 0 Å². The van der Waals surface area contributed by atoms with Gasteiger partial charge in [-0.2, -0.15) is 0 Å². The summed E-state index contributed by atoms with van der Waals surface area (Å²) >= 11 is 0. The van der Waals surface area contributed by atoms with Gasteiger partial charge in [0.1, 0.15) is 0 Å². The average molecular weight is 231 g/mol. The molecule has 1 atom stereocenters. The van der Waals surface area contributed by atoms with Gasteiger partial charge in [-0.3, -0.25) is 0 Å². The molecule has 1 fully saturated rings. The fraction of sp³-hybridized carbons (Fsp3) is 0.625. The van der Waals surface area contributed by atoms with Crippen LogP contribution < -0.4 is 5.32 Å². The molecule has 17 heavy (non-hydrogen) atoms. The summed E-state index contributed by atoms with van der Waals surface area (Å²) in [6.07, 6.45) is 7.19. The van der Waals surface area contributed by atoms with Gasteiger partial charge < -0.3 is 5.32 Å². The van der Waals surface area contributed by atoms with Gasteiger partial charge in [0.05, 0.1) is 0 Å². The molecule has 1 N–H and O–H groups in total. The molecule has 0 aromatic heterocycles. The van der Waals surface area contributed by atoms with Crippen molar-refractivity contribution in [1.82, 2.24) is 5.32 Å². The number of hydrogen-bond acceptors (Lipinski definition) is 1. The lowest BCUT2D eigenvalue weighted by atomic mass is 10.0. The van der Waals surface area contributed by atoms with E-state index in [0.717, 1.165) is 5.92 Å². The van der Waals surface area contributed by atoms with Crippen molar-refractivity contribution in [2.45, 2.75) is 52.0 Å². The normalized spacial score (nSPS) is 18.5. The maximum Gasteiger partial charge on any atom is 0.0294 e. The van der Waals surface area contributed by atoms with Crippen LogP contribution >= 0.6 is 0 Å². The van der Waals surface area contributed by atoms with E-state index in [1.54, 1.807) is 0 Å². The highest BCUT2D eigenvalue weighted by molar-refractivity contribution is 5.28. The molecular weight excluding hydrogens is 206 g/mol. The topological polar surface area (TPSA) is 12.0 Å². The first-order chi connectivity index (χ1) is 8.27. The van der Waals surface area contributed by atoms with Gasteiger partial charge in [0.2, 0.25) is 0 Å². The van der Waals surface area contributed by atoms with E-state index >= 15 is 0 Å². The van der Waals surface area contributed by atoms with Crippen LogP contribution in [0, 0.1) is 12.8 Å².